The molecule has 7 nitrogen and oxygen atoms in total. The number of aliphatic hydroxyl groups is 1. The Balaban J connectivity index is 1.67. The van der Waals surface area contributed by atoms with Crippen molar-refractivity contribution in [3.05, 3.63) is 24.3 Å². The first-order valence-electron chi connectivity index (χ1n) is 6.65. The van der Waals surface area contributed by atoms with Gasteiger partial charge in [0.15, 0.2) is 5.76 Å². The molecule has 1 atom stereocenters. The molecule has 0 aromatic carbocycles. The van der Waals surface area contributed by atoms with Crippen LogP contribution in [0.1, 0.15) is 12.3 Å². The van der Waals surface area contributed by atoms with Crippen molar-refractivity contribution in [2.24, 2.45) is 0 Å². The molecule has 3 heterocycles. The third kappa shape index (κ3) is 2.90. The summed E-state index contributed by atoms with van der Waals surface area (Å²) in [6.07, 6.45) is 2.25. The zero-order valence-corrected chi connectivity index (χ0v) is 11.1. The van der Waals surface area contributed by atoms with Crippen LogP contribution in [-0.4, -0.2) is 52.6 Å². The number of hydrogen-bond acceptors (Lipinski definition) is 7. The van der Waals surface area contributed by atoms with Crippen molar-refractivity contribution in [3.63, 3.8) is 0 Å². The molecule has 1 unspecified atom stereocenters. The summed E-state index contributed by atoms with van der Waals surface area (Å²) < 4.78 is 16.2. The Kier molecular flexibility index (Phi) is 4.10. The molecule has 20 heavy (non-hydrogen) atoms. The van der Waals surface area contributed by atoms with E-state index >= 15 is 0 Å². The van der Waals surface area contributed by atoms with Crippen LogP contribution in [0.15, 0.2) is 27.2 Å². The fourth-order valence-electron chi connectivity index (χ4n) is 2.30. The predicted molar refractivity (Wildman–Crippen MR) is 68.7 cm³/mol. The number of aliphatic hydroxyl groups excluding tert-OH is 1. The van der Waals surface area contributed by atoms with Gasteiger partial charge < -0.3 is 18.7 Å². The fraction of sp³-hybridized carbons (Fsp3) is 0.538. The van der Waals surface area contributed by atoms with Crippen LogP contribution in [-0.2, 0) is 11.3 Å². The van der Waals surface area contributed by atoms with E-state index in [1.807, 2.05) is 0 Å². The van der Waals surface area contributed by atoms with Crippen molar-refractivity contribution in [1.29, 1.82) is 0 Å². The van der Waals surface area contributed by atoms with E-state index in [4.69, 9.17) is 18.7 Å². The van der Waals surface area contributed by atoms with Crippen LogP contribution in [0.25, 0.3) is 11.7 Å². The minimum atomic E-state index is 0.145. The lowest BCUT2D eigenvalue weighted by Gasteiger charge is -2.34. The van der Waals surface area contributed by atoms with Gasteiger partial charge in [-0.05, 0) is 18.6 Å². The average molecular weight is 279 g/mol. The van der Waals surface area contributed by atoms with Crippen molar-refractivity contribution in [2.45, 2.75) is 19.0 Å². The number of nitrogens with zero attached hydrogens (tertiary/aromatic N) is 3. The van der Waals surface area contributed by atoms with Crippen LogP contribution in [0.4, 0.5) is 0 Å². The van der Waals surface area contributed by atoms with Crippen LogP contribution < -0.4 is 0 Å². The maximum Gasteiger partial charge on any atom is 0.283 e. The van der Waals surface area contributed by atoms with E-state index in [2.05, 4.69) is 15.1 Å². The van der Waals surface area contributed by atoms with Crippen LogP contribution in [0.2, 0.25) is 0 Å². The van der Waals surface area contributed by atoms with Gasteiger partial charge in [0.05, 0.1) is 26.0 Å². The topological polar surface area (TPSA) is 84.8 Å². The Bertz CT molecular complexity index is 523. The van der Waals surface area contributed by atoms with E-state index < -0.39 is 0 Å². The van der Waals surface area contributed by atoms with E-state index in [9.17, 15) is 0 Å². The number of hydrogen-bond donors (Lipinski definition) is 1. The Morgan fingerprint density at radius 1 is 1.40 bits per heavy atom. The van der Waals surface area contributed by atoms with E-state index in [1.165, 1.54) is 0 Å². The molecule has 0 aliphatic carbocycles. The Hall–Kier alpha value is -1.70. The summed E-state index contributed by atoms with van der Waals surface area (Å²) in [4.78, 5) is 2.19. The molecule has 1 fully saturated rings. The molecule has 0 bridgehead atoms. The summed E-state index contributed by atoms with van der Waals surface area (Å²) in [6.45, 7) is 2.80. The molecule has 3 rings (SSSR count). The van der Waals surface area contributed by atoms with Gasteiger partial charge in [0.2, 0.25) is 5.89 Å². The van der Waals surface area contributed by atoms with Gasteiger partial charge in [-0.25, -0.2) is 0 Å². The second kappa shape index (κ2) is 6.17. The highest BCUT2D eigenvalue weighted by Crippen LogP contribution is 2.20. The molecule has 2 aromatic heterocycles. The molecule has 7 heteroatoms. The maximum absolute atomic E-state index is 9.09. The monoisotopic (exact) mass is 279 g/mol. The van der Waals surface area contributed by atoms with Gasteiger partial charge in [-0.3, -0.25) is 4.90 Å². The first-order valence-corrected chi connectivity index (χ1v) is 6.65. The second-order valence-electron chi connectivity index (χ2n) is 4.69. The summed E-state index contributed by atoms with van der Waals surface area (Å²) in [5.41, 5.74) is 0. The van der Waals surface area contributed by atoms with Crippen LogP contribution in [0, 0.1) is 0 Å². The lowest BCUT2D eigenvalue weighted by atomic mass is 10.1. The SMILES string of the molecule is OCCC1COCCN1Cc1nnc(-c2ccco2)o1. The summed E-state index contributed by atoms with van der Waals surface area (Å²) >= 11 is 0. The van der Waals surface area contributed by atoms with E-state index in [1.54, 1.807) is 18.4 Å². The lowest BCUT2D eigenvalue weighted by molar-refractivity contribution is -0.0227. The predicted octanol–water partition coefficient (Wildman–Crippen LogP) is 0.913. The zero-order valence-electron chi connectivity index (χ0n) is 11.1. The molecule has 108 valence electrons. The molecule has 0 amide bonds. The second-order valence-corrected chi connectivity index (χ2v) is 4.69. The van der Waals surface area contributed by atoms with E-state index in [0.29, 0.717) is 43.7 Å². The molecule has 1 aliphatic rings. The minimum Gasteiger partial charge on any atom is -0.459 e. The number of furan rings is 1. The highest BCUT2D eigenvalue weighted by Gasteiger charge is 2.24. The van der Waals surface area contributed by atoms with Gasteiger partial charge in [-0.2, -0.15) is 0 Å². The number of morpholine rings is 1. The molecule has 2 aromatic rings. The third-order valence-electron chi connectivity index (χ3n) is 3.35. The maximum atomic E-state index is 9.09. The quantitative estimate of drug-likeness (QED) is 0.870. The third-order valence-corrected chi connectivity index (χ3v) is 3.35. The van der Waals surface area contributed by atoms with Gasteiger partial charge in [-0.1, -0.05) is 0 Å². The van der Waals surface area contributed by atoms with Crippen molar-refractivity contribution in [1.82, 2.24) is 15.1 Å². The van der Waals surface area contributed by atoms with Gasteiger partial charge >= 0.3 is 0 Å². The molecule has 0 saturated carbocycles. The molecule has 0 radical (unpaired) electrons. The molecule has 0 spiro atoms. The highest BCUT2D eigenvalue weighted by molar-refractivity contribution is 5.42. The van der Waals surface area contributed by atoms with Gasteiger partial charge in [0, 0.05) is 19.2 Å². The minimum absolute atomic E-state index is 0.145. The first kappa shape index (κ1) is 13.3. The molecule has 1 N–H and O–H groups in total. The lowest BCUT2D eigenvalue weighted by Crippen LogP contribution is -2.45. The number of ether oxygens (including phenoxy) is 1. The molecular weight excluding hydrogens is 262 g/mol. The summed E-state index contributed by atoms with van der Waals surface area (Å²) in [6, 6.07) is 3.74. The van der Waals surface area contributed by atoms with Gasteiger partial charge in [0.25, 0.3) is 5.89 Å². The van der Waals surface area contributed by atoms with Crippen molar-refractivity contribution >= 4 is 0 Å². The standard InChI is InChI=1S/C13H17N3O4/c17-5-3-10-9-18-7-4-16(10)8-12-14-15-13(20-12)11-2-1-6-19-11/h1-2,6,10,17H,3-5,7-9H2. The highest BCUT2D eigenvalue weighted by atomic mass is 16.5. The number of rotatable bonds is 5. The molecule has 1 aliphatic heterocycles. The Morgan fingerprint density at radius 3 is 3.15 bits per heavy atom. The van der Waals surface area contributed by atoms with Crippen LogP contribution in [0.5, 0.6) is 0 Å². The van der Waals surface area contributed by atoms with E-state index in [0.717, 1.165) is 6.54 Å². The average Bonchev–Trinajstić information content (AvgIpc) is 3.12. The smallest absolute Gasteiger partial charge is 0.283 e. The van der Waals surface area contributed by atoms with E-state index in [-0.39, 0.29) is 12.6 Å². The first-order chi connectivity index (χ1) is 9.86. The molecule has 1 saturated heterocycles. The van der Waals surface area contributed by atoms with Crippen molar-refractivity contribution in [2.75, 3.05) is 26.4 Å². The fourth-order valence-corrected chi connectivity index (χ4v) is 2.30. The summed E-state index contributed by atoms with van der Waals surface area (Å²) in [5, 5.41) is 17.1. The Labute approximate surface area is 116 Å². The summed E-state index contributed by atoms with van der Waals surface area (Å²) in [7, 11) is 0. The summed E-state index contributed by atoms with van der Waals surface area (Å²) in [5.74, 6) is 1.50. The zero-order chi connectivity index (χ0) is 13.8. The normalized spacial score (nSPS) is 20.4. The van der Waals surface area contributed by atoms with Crippen molar-refractivity contribution in [3.8, 4) is 11.7 Å². The van der Waals surface area contributed by atoms with Gasteiger partial charge in [0.1, 0.15) is 0 Å². The largest absolute Gasteiger partial charge is 0.459 e. The van der Waals surface area contributed by atoms with Crippen molar-refractivity contribution < 1.29 is 18.7 Å². The Morgan fingerprint density at radius 2 is 2.35 bits per heavy atom. The van der Waals surface area contributed by atoms with Crippen LogP contribution in [0.3, 0.4) is 0 Å². The number of aromatic nitrogens is 2. The van der Waals surface area contributed by atoms with Crippen LogP contribution >= 0.6 is 0 Å². The van der Waals surface area contributed by atoms with Gasteiger partial charge in [-0.15, -0.1) is 10.2 Å². The molecular formula is C13H17N3O4.